The molecule has 0 aromatic carbocycles. The minimum Gasteiger partial charge on any atom is -0.354 e. The Morgan fingerprint density at radius 1 is 1.17 bits per heavy atom. The van der Waals surface area contributed by atoms with Crippen molar-refractivity contribution in [3.8, 4) is 11.1 Å². The Balaban J connectivity index is 1.50. The largest absolute Gasteiger partial charge is 0.354 e. The van der Waals surface area contributed by atoms with Crippen molar-refractivity contribution in [2.75, 3.05) is 35.9 Å². The van der Waals surface area contributed by atoms with Gasteiger partial charge >= 0.3 is 0 Å². The zero-order valence-corrected chi connectivity index (χ0v) is 30.9. The van der Waals surface area contributed by atoms with Crippen molar-refractivity contribution in [1.82, 2.24) is 29.9 Å². The highest BCUT2D eigenvalue weighted by atomic mass is 32.2. The molecule has 3 atom stereocenters. The Kier molecular flexibility index (Phi) is 13.8. The Bertz CT molecular complexity index is 1570. The first-order valence-electron chi connectivity index (χ1n) is 16.7. The molecule has 2 amide bonds. The maximum Gasteiger partial charge on any atom is 0.270 e. The van der Waals surface area contributed by atoms with Gasteiger partial charge in [-0.25, -0.2) is 9.67 Å². The lowest BCUT2D eigenvalue weighted by Gasteiger charge is -2.32. The molecule has 2 unspecified atom stereocenters. The summed E-state index contributed by atoms with van der Waals surface area (Å²) in [7, 11) is -0.769. The number of aryl methyl sites for hydroxylation is 2. The molecule has 0 saturated heterocycles. The van der Waals surface area contributed by atoms with E-state index in [1.165, 1.54) is 10.9 Å². The number of halogens is 1. The number of hydrogen-bond donors (Lipinski definition) is 2. The summed E-state index contributed by atoms with van der Waals surface area (Å²) in [6, 6.07) is 3.92. The number of amides is 2. The molecule has 4 rings (SSSR count). The topological polar surface area (TPSA) is 133 Å². The van der Waals surface area contributed by atoms with Crippen LogP contribution in [0.25, 0.3) is 11.1 Å². The van der Waals surface area contributed by atoms with E-state index in [4.69, 9.17) is 4.74 Å². The zero-order valence-electron chi connectivity index (χ0n) is 29.3. The molecular formula is C34H51FN7O4S2+. The summed E-state index contributed by atoms with van der Waals surface area (Å²) >= 11 is 0. The van der Waals surface area contributed by atoms with Crippen molar-refractivity contribution in [3.63, 3.8) is 0 Å². The Morgan fingerprint density at radius 3 is 2.54 bits per heavy atom. The van der Waals surface area contributed by atoms with Crippen LogP contribution < -0.4 is 10.6 Å². The number of anilines is 1. The van der Waals surface area contributed by atoms with Crippen molar-refractivity contribution in [1.29, 1.82) is 0 Å². The fourth-order valence-corrected chi connectivity index (χ4v) is 7.35. The van der Waals surface area contributed by atoms with Gasteiger partial charge in [-0.3, -0.25) is 18.5 Å². The summed E-state index contributed by atoms with van der Waals surface area (Å²) in [5, 5.41) is 15.2. The van der Waals surface area contributed by atoms with Gasteiger partial charge in [0.15, 0.2) is 0 Å². The fourth-order valence-electron chi connectivity index (χ4n) is 6.07. The Hall–Kier alpha value is -3.10. The highest BCUT2D eigenvalue weighted by molar-refractivity contribution is 7.96. The average Bonchev–Trinajstić information content (AvgIpc) is 3.65. The van der Waals surface area contributed by atoms with Gasteiger partial charge in [0.05, 0.1) is 25.1 Å². The lowest BCUT2D eigenvalue weighted by molar-refractivity contribution is -0.119. The van der Waals surface area contributed by atoms with Crippen LogP contribution in [-0.2, 0) is 50.9 Å². The van der Waals surface area contributed by atoms with Gasteiger partial charge in [-0.05, 0) is 81.0 Å². The van der Waals surface area contributed by atoms with Crippen molar-refractivity contribution in [2.24, 2.45) is 11.8 Å². The summed E-state index contributed by atoms with van der Waals surface area (Å²) in [5.74, 6) is 0.231. The van der Waals surface area contributed by atoms with E-state index < -0.39 is 34.6 Å². The minimum absolute atomic E-state index is 0.0617. The first-order chi connectivity index (χ1) is 22.9. The van der Waals surface area contributed by atoms with Crippen LogP contribution in [0.15, 0.2) is 24.4 Å². The molecule has 0 spiro atoms. The number of pyridine rings is 1. The second-order valence-corrected chi connectivity index (χ2v) is 17.2. The lowest BCUT2D eigenvalue weighted by Crippen LogP contribution is -2.49. The van der Waals surface area contributed by atoms with Gasteiger partial charge in [-0.1, -0.05) is 26.7 Å². The Labute approximate surface area is 289 Å². The predicted octanol–water partition coefficient (Wildman–Crippen LogP) is 4.72. The molecule has 0 radical (unpaired) electrons. The molecule has 3 aromatic heterocycles. The summed E-state index contributed by atoms with van der Waals surface area (Å²) in [6.07, 6.45) is 9.42. The number of rotatable bonds is 16. The summed E-state index contributed by atoms with van der Waals surface area (Å²) in [6.45, 7) is 11.7. The molecule has 1 saturated carbocycles. The number of carbonyl (C=O) groups excluding carboxylic acids is 2. The second-order valence-electron chi connectivity index (χ2n) is 13.0. The van der Waals surface area contributed by atoms with Gasteiger partial charge in [-0.2, -0.15) is 14.6 Å². The first-order valence-corrected chi connectivity index (χ1v) is 20.3. The minimum atomic E-state index is -1.05. The number of nitrogens with zero attached hydrogens (tertiary/aromatic N) is 5. The van der Waals surface area contributed by atoms with E-state index in [9.17, 15) is 13.8 Å². The normalized spacial score (nSPS) is 18.4. The molecule has 1 aliphatic rings. The molecule has 0 aliphatic heterocycles. The molecule has 2 N–H and O–H groups in total. The number of aromatic nitrogens is 5. The zero-order chi connectivity index (χ0) is 35.0. The third kappa shape index (κ3) is 9.75. The van der Waals surface area contributed by atoms with E-state index in [2.05, 4.69) is 52.8 Å². The van der Waals surface area contributed by atoms with Gasteiger partial charge < -0.3 is 15.4 Å². The van der Waals surface area contributed by atoms with Crippen LogP contribution in [-0.4, -0.2) is 82.5 Å². The third-order valence-corrected chi connectivity index (χ3v) is 12.3. The number of nitrogens with one attached hydrogen (secondary N) is 2. The van der Waals surface area contributed by atoms with Crippen molar-refractivity contribution in [2.45, 2.75) is 91.3 Å². The van der Waals surface area contributed by atoms with Gasteiger partial charge in [0, 0.05) is 45.8 Å². The van der Waals surface area contributed by atoms with Crippen LogP contribution in [0.4, 0.5) is 10.2 Å². The maximum absolute atomic E-state index is 15.7. The smallest absolute Gasteiger partial charge is 0.270 e. The van der Waals surface area contributed by atoms with Gasteiger partial charge in [0.25, 0.3) is 5.91 Å². The van der Waals surface area contributed by atoms with Crippen molar-refractivity contribution < 1.29 is 22.9 Å². The SMILES string of the molecule is CCc1c(-c2ccc(NC(=O)[C@@H](NC(=O)c3ccnn3CCS(C)=O)C3CCC(C)CC3)nc2F)c(C)nn1COCC[S+](C)C(C)C. The lowest BCUT2D eigenvalue weighted by atomic mass is 9.79. The highest BCUT2D eigenvalue weighted by Gasteiger charge is 2.34. The quantitative estimate of drug-likeness (QED) is 0.125. The Morgan fingerprint density at radius 2 is 1.90 bits per heavy atom. The van der Waals surface area contributed by atoms with E-state index in [1.54, 1.807) is 29.1 Å². The van der Waals surface area contributed by atoms with Gasteiger partial charge in [-0.15, -0.1) is 0 Å². The van der Waals surface area contributed by atoms with Crippen LogP contribution in [0.3, 0.4) is 0 Å². The van der Waals surface area contributed by atoms with E-state index in [0.717, 1.165) is 37.1 Å². The monoisotopic (exact) mass is 704 g/mol. The van der Waals surface area contributed by atoms with Crippen molar-refractivity contribution >= 4 is 39.3 Å². The van der Waals surface area contributed by atoms with E-state index in [-0.39, 0.29) is 35.1 Å². The molecule has 14 heteroatoms. The summed E-state index contributed by atoms with van der Waals surface area (Å²) < 4.78 is 36.6. The standard InChI is InChI=1S/C34H50FN7O4S2/c1-8-27-30(24(5)40-42(27)21-46-18-20-47(6)22(2)3)26-13-14-29(37-32(26)35)38-34(44)31(25-11-9-23(4)10-12-25)39-33(43)28-15-16-36-41(28)17-19-48(7)45/h13-16,22-23,25,31H,8-12,17-21H2,1-7H3,(H-,37,38,39,43,44)/p+1/t23?,25?,31-,47?,48?/m0/s1. The highest BCUT2D eigenvalue weighted by Crippen LogP contribution is 2.32. The van der Waals surface area contributed by atoms with Crippen molar-refractivity contribution in [3.05, 3.63) is 47.4 Å². The number of hydrogen-bond acceptors (Lipinski definition) is 7. The van der Waals surface area contributed by atoms with Crippen LogP contribution >= 0.6 is 0 Å². The molecule has 264 valence electrons. The molecule has 48 heavy (non-hydrogen) atoms. The van der Waals surface area contributed by atoms with Crippen LogP contribution in [0, 0.1) is 24.7 Å². The van der Waals surface area contributed by atoms with E-state index in [1.807, 2.05) is 13.8 Å². The van der Waals surface area contributed by atoms with Gasteiger partial charge in [0.1, 0.15) is 35.3 Å². The molecule has 0 bridgehead atoms. The number of ether oxygens (including phenoxy) is 1. The predicted molar refractivity (Wildman–Crippen MR) is 191 cm³/mol. The van der Waals surface area contributed by atoms with E-state index >= 15 is 4.39 Å². The number of carbonyl (C=O) groups is 2. The fraction of sp³-hybridized carbons (Fsp3) is 0.618. The second kappa shape index (κ2) is 17.5. The summed E-state index contributed by atoms with van der Waals surface area (Å²) in [5.41, 5.74) is 2.78. The average molecular weight is 705 g/mol. The molecular weight excluding hydrogens is 654 g/mol. The molecule has 1 aliphatic carbocycles. The third-order valence-electron chi connectivity index (χ3n) is 9.15. The maximum atomic E-state index is 15.7. The molecule has 3 heterocycles. The molecule has 1 fully saturated rings. The van der Waals surface area contributed by atoms with Crippen LogP contribution in [0.5, 0.6) is 0 Å². The first kappa shape index (κ1) is 37.7. The molecule has 3 aromatic rings. The van der Waals surface area contributed by atoms with E-state index in [0.29, 0.717) is 53.3 Å². The molecule has 11 nitrogen and oxygen atoms in total. The van der Waals surface area contributed by atoms with Crippen LogP contribution in [0.2, 0.25) is 0 Å². The van der Waals surface area contributed by atoms with Gasteiger partial charge in [0.2, 0.25) is 11.9 Å². The summed E-state index contributed by atoms with van der Waals surface area (Å²) in [4.78, 5) is 31.3. The van der Waals surface area contributed by atoms with Crippen LogP contribution in [0.1, 0.15) is 75.3 Å².